The molecule has 7 heteroatoms. The summed E-state index contributed by atoms with van der Waals surface area (Å²) in [6, 6.07) is 2.84. The van der Waals surface area contributed by atoms with E-state index in [-0.39, 0.29) is 22.5 Å². The summed E-state index contributed by atoms with van der Waals surface area (Å²) in [4.78, 5) is 12.2. The molecule has 1 aromatic carbocycles. The summed E-state index contributed by atoms with van der Waals surface area (Å²) >= 11 is 0. The molecule has 2 heterocycles. The van der Waals surface area contributed by atoms with Crippen molar-refractivity contribution in [3.63, 3.8) is 0 Å². The molecule has 5 unspecified atom stereocenters. The number of benzene rings is 1. The lowest BCUT2D eigenvalue weighted by Crippen LogP contribution is -2.71. The number of fused-ring (bicyclic) bond motifs is 3. The maximum atomic E-state index is 14.2. The van der Waals surface area contributed by atoms with Crippen molar-refractivity contribution in [2.45, 2.75) is 44.2 Å². The smallest absolute Gasteiger partial charge is 0.451 e. The highest BCUT2D eigenvalue weighted by Gasteiger charge is 3.16. The van der Waals surface area contributed by atoms with E-state index in [1.807, 2.05) is 5.98 Å². The Kier molecular flexibility index (Phi) is 2.14. The van der Waals surface area contributed by atoms with Crippen LogP contribution in [0.15, 0.2) is 18.1 Å². The van der Waals surface area contributed by atoms with Crippen LogP contribution in [0.3, 0.4) is 0 Å². The zero-order valence-electron chi connectivity index (χ0n) is 15.2. The van der Waals surface area contributed by atoms with Crippen LogP contribution in [0.1, 0.15) is 43.1 Å². The van der Waals surface area contributed by atoms with E-state index in [1.165, 1.54) is 12.5 Å². The van der Waals surface area contributed by atoms with E-state index >= 15 is 0 Å². The van der Waals surface area contributed by atoms with Gasteiger partial charge in [-0.15, -0.1) is 0 Å². The SMILES string of the molecule is CC1(C)OC(=O)c2c(F)ccc(/C=C\B3OC45C6C7CC(C764)[C@]5(C)O3)c2O1. The van der Waals surface area contributed by atoms with Gasteiger partial charge in [0, 0.05) is 30.7 Å². The van der Waals surface area contributed by atoms with Gasteiger partial charge in [0.2, 0.25) is 5.79 Å². The Labute approximate surface area is 155 Å². The quantitative estimate of drug-likeness (QED) is 0.594. The zero-order chi connectivity index (χ0) is 18.6. The molecular formula is C20H18BFO5. The molecule has 0 bridgehead atoms. The van der Waals surface area contributed by atoms with Gasteiger partial charge < -0.3 is 18.8 Å². The van der Waals surface area contributed by atoms with Crippen LogP contribution < -0.4 is 4.74 Å². The molecule has 6 atom stereocenters. The number of hydrogen-bond donors (Lipinski definition) is 0. The third-order valence-corrected chi connectivity index (χ3v) is 8.01. The molecule has 2 spiro atoms. The fourth-order valence-corrected chi connectivity index (χ4v) is 7.14. The molecule has 6 aliphatic rings. The summed E-state index contributed by atoms with van der Waals surface area (Å²) in [5.74, 6) is 1.76. The van der Waals surface area contributed by atoms with Crippen molar-refractivity contribution in [1.29, 1.82) is 0 Å². The third kappa shape index (κ3) is 1.28. The number of halogens is 1. The van der Waals surface area contributed by atoms with Gasteiger partial charge in [-0.25, -0.2) is 9.18 Å². The van der Waals surface area contributed by atoms with Crippen molar-refractivity contribution in [2.75, 3.05) is 0 Å². The average molecular weight is 368 g/mol. The highest BCUT2D eigenvalue weighted by Crippen LogP contribution is 3.10. The molecule has 0 amide bonds. The molecule has 5 nitrogen and oxygen atoms in total. The normalized spacial score (nSPS) is 48.4. The molecule has 0 aromatic heterocycles. The molecule has 138 valence electrons. The molecular weight excluding hydrogens is 350 g/mol. The number of rotatable bonds is 2. The molecule has 5 fully saturated rings. The molecule has 4 aliphatic carbocycles. The minimum Gasteiger partial charge on any atom is -0.451 e. The van der Waals surface area contributed by atoms with Crippen LogP contribution in [-0.2, 0) is 14.0 Å². The van der Waals surface area contributed by atoms with E-state index in [9.17, 15) is 9.18 Å². The van der Waals surface area contributed by atoms with Crippen LogP contribution in [0, 0.1) is 29.0 Å². The van der Waals surface area contributed by atoms with E-state index in [2.05, 4.69) is 6.92 Å². The molecule has 4 saturated carbocycles. The second kappa shape index (κ2) is 3.83. The monoisotopic (exact) mass is 368 g/mol. The Morgan fingerprint density at radius 2 is 2.04 bits per heavy atom. The number of cyclic esters (lactones) is 1. The van der Waals surface area contributed by atoms with Crippen LogP contribution in [-0.4, -0.2) is 30.1 Å². The van der Waals surface area contributed by atoms with Crippen LogP contribution in [0.2, 0.25) is 0 Å². The van der Waals surface area contributed by atoms with Crippen LogP contribution in [0.5, 0.6) is 5.75 Å². The van der Waals surface area contributed by atoms with E-state index in [0.717, 1.165) is 5.92 Å². The van der Waals surface area contributed by atoms with E-state index in [4.69, 9.17) is 18.8 Å². The standard InChI is InChI=1S/C20H18BFO5/c1-17(2)24-14-9(4-5-11(22)13(14)16(23)25-17)6-7-21-26-18(3)12-8-10-15-19(10,12)20(15,18)27-21/h4-7,10,12,15H,8H2,1-3H3/b7-6-/t10?,12?,15?,18-,19?,20?/m0/s1. The van der Waals surface area contributed by atoms with Gasteiger partial charge in [0.05, 0.1) is 11.2 Å². The third-order valence-electron chi connectivity index (χ3n) is 8.01. The van der Waals surface area contributed by atoms with E-state index < -0.39 is 24.7 Å². The van der Waals surface area contributed by atoms with Crippen molar-refractivity contribution in [2.24, 2.45) is 23.2 Å². The number of carbonyl (C=O) groups is 1. The summed E-state index contributed by atoms with van der Waals surface area (Å²) in [6.07, 6.45) is 3.06. The fourth-order valence-electron chi connectivity index (χ4n) is 7.14. The number of carbonyl (C=O) groups excluding carboxylic acids is 1. The first kappa shape index (κ1) is 15.1. The Bertz CT molecular complexity index is 1000. The molecule has 1 saturated heterocycles. The van der Waals surface area contributed by atoms with Crippen molar-refractivity contribution >= 4 is 19.2 Å². The topological polar surface area (TPSA) is 54.0 Å². The lowest BCUT2D eigenvalue weighted by Gasteiger charge is -2.63. The highest BCUT2D eigenvalue weighted by molar-refractivity contribution is 6.53. The first-order valence-corrected chi connectivity index (χ1v) is 9.55. The molecule has 0 N–H and O–H groups in total. The predicted molar refractivity (Wildman–Crippen MR) is 92.1 cm³/mol. The van der Waals surface area contributed by atoms with Crippen molar-refractivity contribution in [3.8, 4) is 5.75 Å². The summed E-state index contributed by atoms with van der Waals surface area (Å²) < 4.78 is 37.6. The van der Waals surface area contributed by atoms with Crippen LogP contribution >= 0.6 is 0 Å². The number of ether oxygens (including phenoxy) is 2. The van der Waals surface area contributed by atoms with E-state index in [1.54, 1.807) is 26.0 Å². The van der Waals surface area contributed by atoms with Crippen molar-refractivity contribution < 1.29 is 28.0 Å². The maximum Gasteiger partial charge on any atom is 0.487 e. The largest absolute Gasteiger partial charge is 0.487 e. The fraction of sp³-hybridized carbons (Fsp3) is 0.550. The molecule has 2 aliphatic heterocycles. The minimum absolute atomic E-state index is 0.0485. The van der Waals surface area contributed by atoms with Gasteiger partial charge in [-0.3, -0.25) is 0 Å². The van der Waals surface area contributed by atoms with Crippen LogP contribution in [0.4, 0.5) is 4.39 Å². The summed E-state index contributed by atoms with van der Waals surface area (Å²) in [6.45, 7) is 5.43. The van der Waals surface area contributed by atoms with Gasteiger partial charge in [0.15, 0.2) is 0 Å². The summed E-state index contributed by atoms with van der Waals surface area (Å²) in [7, 11) is -0.423. The Balaban J connectivity index is 1.21. The summed E-state index contributed by atoms with van der Waals surface area (Å²) in [5, 5.41) is 0. The second-order valence-electron chi connectivity index (χ2n) is 9.34. The Morgan fingerprint density at radius 3 is 2.74 bits per heavy atom. The average Bonchev–Trinajstić information content (AvgIpc) is 3.29. The van der Waals surface area contributed by atoms with Gasteiger partial charge in [-0.05, 0) is 37.3 Å². The van der Waals surface area contributed by atoms with Crippen molar-refractivity contribution in [3.05, 3.63) is 35.1 Å². The van der Waals surface area contributed by atoms with Gasteiger partial charge in [0.25, 0.3) is 0 Å². The molecule has 27 heavy (non-hydrogen) atoms. The first-order chi connectivity index (χ1) is 12.8. The Hall–Kier alpha value is -1.86. The number of esters is 1. The van der Waals surface area contributed by atoms with Gasteiger partial charge in [0.1, 0.15) is 17.1 Å². The zero-order valence-corrected chi connectivity index (χ0v) is 15.2. The highest BCUT2D eigenvalue weighted by atomic mass is 19.1. The van der Waals surface area contributed by atoms with Crippen LogP contribution in [0.25, 0.3) is 6.08 Å². The first-order valence-electron chi connectivity index (χ1n) is 9.55. The summed E-state index contributed by atoms with van der Waals surface area (Å²) in [5.41, 5.74) is 0.679. The van der Waals surface area contributed by atoms with Crippen molar-refractivity contribution in [1.82, 2.24) is 0 Å². The molecule has 0 radical (unpaired) electrons. The lowest BCUT2D eigenvalue weighted by atomic mass is 9.46. The predicted octanol–water partition coefficient (Wildman–Crippen LogP) is 2.98. The van der Waals surface area contributed by atoms with E-state index in [0.29, 0.717) is 22.8 Å². The second-order valence-corrected chi connectivity index (χ2v) is 9.34. The van der Waals surface area contributed by atoms with Gasteiger partial charge in [-0.1, -0.05) is 12.1 Å². The Morgan fingerprint density at radius 1 is 1.22 bits per heavy atom. The molecule has 1 aromatic rings. The van der Waals surface area contributed by atoms with Gasteiger partial charge in [-0.2, -0.15) is 0 Å². The molecule has 7 rings (SSSR count). The maximum absolute atomic E-state index is 14.2. The lowest BCUT2D eigenvalue weighted by molar-refractivity contribution is -0.231. The number of hydrogen-bond acceptors (Lipinski definition) is 5. The van der Waals surface area contributed by atoms with Gasteiger partial charge >= 0.3 is 13.1 Å². The minimum atomic E-state index is -1.14.